The van der Waals surface area contributed by atoms with Crippen molar-refractivity contribution in [3.63, 3.8) is 0 Å². The number of nitrogens with zero attached hydrogens (tertiary/aromatic N) is 3. The number of carbonyl (C=O) groups excluding carboxylic acids is 1. The Labute approximate surface area is 115 Å². The summed E-state index contributed by atoms with van der Waals surface area (Å²) >= 11 is 0. The fourth-order valence-corrected chi connectivity index (χ4v) is 1.82. The van der Waals surface area contributed by atoms with Crippen molar-refractivity contribution < 1.29 is 9.53 Å². The van der Waals surface area contributed by atoms with Gasteiger partial charge in [-0.1, -0.05) is 19.1 Å². The molecule has 20 heavy (non-hydrogen) atoms. The number of hydrogen-bond acceptors (Lipinski definition) is 5. The predicted molar refractivity (Wildman–Crippen MR) is 72.2 cm³/mol. The fourth-order valence-electron chi connectivity index (χ4n) is 1.82. The Morgan fingerprint density at radius 2 is 2.10 bits per heavy atom. The first kappa shape index (κ1) is 13.7. The highest BCUT2D eigenvalue weighted by atomic mass is 16.5. The maximum absolute atomic E-state index is 12.1. The largest absolute Gasteiger partial charge is 0.405 e. The van der Waals surface area contributed by atoms with E-state index < -0.39 is 5.97 Å². The third-order valence-electron chi connectivity index (χ3n) is 2.72. The molecule has 0 N–H and O–H groups in total. The molecule has 0 spiro atoms. The molecule has 0 unspecified atom stereocenters. The van der Waals surface area contributed by atoms with Crippen molar-refractivity contribution in [2.24, 2.45) is 0 Å². The first-order chi connectivity index (χ1) is 9.67. The summed E-state index contributed by atoms with van der Waals surface area (Å²) in [6.45, 7) is 1.67. The van der Waals surface area contributed by atoms with Crippen molar-refractivity contribution in [3.05, 3.63) is 34.6 Å². The van der Waals surface area contributed by atoms with Crippen molar-refractivity contribution in [3.8, 4) is 11.9 Å². The van der Waals surface area contributed by atoms with Gasteiger partial charge in [0.2, 0.25) is 5.88 Å². The Bertz CT molecular complexity index is 743. The van der Waals surface area contributed by atoms with Crippen LogP contribution in [0.3, 0.4) is 0 Å². The Kier molecular flexibility index (Phi) is 4.11. The molecule has 0 bridgehead atoms. The van der Waals surface area contributed by atoms with Gasteiger partial charge in [0, 0.05) is 6.42 Å². The van der Waals surface area contributed by atoms with Crippen molar-refractivity contribution >= 4 is 16.7 Å². The third kappa shape index (κ3) is 2.67. The number of esters is 1. The summed E-state index contributed by atoms with van der Waals surface area (Å²) in [5.41, 5.74) is -0.377. The number of nitriles is 1. The number of ether oxygens (including phenoxy) is 1. The van der Waals surface area contributed by atoms with Gasteiger partial charge in [-0.25, -0.2) is 4.68 Å². The number of carbonyl (C=O) groups is 1. The lowest BCUT2D eigenvalue weighted by Crippen LogP contribution is -2.24. The normalized spacial score (nSPS) is 10.2. The van der Waals surface area contributed by atoms with Gasteiger partial charge in [0.25, 0.3) is 5.56 Å². The van der Waals surface area contributed by atoms with Gasteiger partial charge in [-0.3, -0.25) is 9.59 Å². The summed E-state index contributed by atoms with van der Waals surface area (Å²) in [4.78, 5) is 23.7. The van der Waals surface area contributed by atoms with Crippen LogP contribution in [0.2, 0.25) is 0 Å². The molecule has 102 valence electrons. The molecule has 0 radical (unpaired) electrons. The Hall–Kier alpha value is -2.68. The van der Waals surface area contributed by atoms with E-state index in [-0.39, 0.29) is 24.4 Å². The van der Waals surface area contributed by atoms with E-state index in [9.17, 15) is 9.59 Å². The van der Waals surface area contributed by atoms with E-state index in [4.69, 9.17) is 10.00 Å². The van der Waals surface area contributed by atoms with E-state index in [2.05, 4.69) is 5.10 Å². The van der Waals surface area contributed by atoms with Gasteiger partial charge in [-0.2, -0.15) is 5.26 Å². The van der Waals surface area contributed by atoms with Crippen LogP contribution in [0.5, 0.6) is 5.88 Å². The van der Waals surface area contributed by atoms with Gasteiger partial charge in [-0.05, 0) is 18.6 Å². The zero-order valence-corrected chi connectivity index (χ0v) is 11.0. The van der Waals surface area contributed by atoms with Crippen LogP contribution in [-0.2, 0) is 11.3 Å². The molecular weight excluding hydrogens is 258 g/mol. The number of aromatic nitrogens is 2. The molecule has 1 heterocycles. The minimum Gasteiger partial charge on any atom is -0.405 e. The standard InChI is InChI=1S/C14H13N3O3/c1-2-5-12(18)20-13-10-6-3-4-7-11(10)14(19)17(16-13)9-8-15/h3-4,6-7H,2,5,9H2,1H3. The molecule has 1 aromatic carbocycles. The highest BCUT2D eigenvalue weighted by molar-refractivity contribution is 5.88. The summed E-state index contributed by atoms with van der Waals surface area (Å²) in [6.07, 6.45) is 0.933. The van der Waals surface area contributed by atoms with Gasteiger partial charge in [0.15, 0.2) is 0 Å². The second-order valence-electron chi connectivity index (χ2n) is 4.20. The molecule has 0 aliphatic rings. The molecule has 0 saturated carbocycles. The summed E-state index contributed by atoms with van der Waals surface area (Å²) in [5.74, 6) is -0.346. The van der Waals surface area contributed by atoms with E-state index in [0.717, 1.165) is 4.68 Å². The first-order valence-corrected chi connectivity index (χ1v) is 6.25. The van der Waals surface area contributed by atoms with Crippen molar-refractivity contribution in [2.75, 3.05) is 0 Å². The fraction of sp³-hybridized carbons (Fsp3) is 0.286. The molecule has 0 amide bonds. The van der Waals surface area contributed by atoms with Gasteiger partial charge in [0.1, 0.15) is 6.54 Å². The summed E-state index contributed by atoms with van der Waals surface area (Å²) in [6, 6.07) is 8.57. The second kappa shape index (κ2) is 5.97. The average molecular weight is 271 g/mol. The zero-order valence-electron chi connectivity index (χ0n) is 11.0. The van der Waals surface area contributed by atoms with Crippen LogP contribution >= 0.6 is 0 Å². The van der Waals surface area contributed by atoms with Crippen molar-refractivity contribution in [1.82, 2.24) is 9.78 Å². The molecule has 6 heteroatoms. The van der Waals surface area contributed by atoms with E-state index in [1.165, 1.54) is 0 Å². The number of benzene rings is 1. The van der Waals surface area contributed by atoms with Crippen molar-refractivity contribution in [2.45, 2.75) is 26.3 Å². The predicted octanol–water partition coefficient (Wildman–Crippen LogP) is 1.63. The molecular formula is C14H13N3O3. The van der Waals surface area contributed by atoms with E-state index in [0.29, 0.717) is 17.2 Å². The lowest BCUT2D eigenvalue weighted by Gasteiger charge is -2.08. The van der Waals surface area contributed by atoms with Crippen LogP contribution in [0.25, 0.3) is 10.8 Å². The molecule has 0 saturated heterocycles. The zero-order chi connectivity index (χ0) is 14.5. The second-order valence-corrected chi connectivity index (χ2v) is 4.20. The minimum atomic E-state index is -0.410. The molecule has 0 aliphatic carbocycles. The molecule has 6 nitrogen and oxygen atoms in total. The SMILES string of the molecule is CCCC(=O)Oc1nn(CC#N)c(=O)c2ccccc12. The van der Waals surface area contributed by atoms with E-state index in [1.807, 2.05) is 13.0 Å². The van der Waals surface area contributed by atoms with Crippen LogP contribution in [0.4, 0.5) is 0 Å². The molecule has 2 aromatic rings. The smallest absolute Gasteiger partial charge is 0.312 e. The van der Waals surface area contributed by atoms with Crippen LogP contribution < -0.4 is 10.3 Å². The van der Waals surface area contributed by atoms with E-state index >= 15 is 0 Å². The number of fused-ring (bicyclic) bond motifs is 1. The molecule has 0 aliphatic heterocycles. The quantitative estimate of drug-likeness (QED) is 0.789. The van der Waals surface area contributed by atoms with Crippen molar-refractivity contribution in [1.29, 1.82) is 5.26 Å². The molecule has 0 atom stereocenters. The highest BCUT2D eigenvalue weighted by Gasteiger charge is 2.13. The summed E-state index contributed by atoms with van der Waals surface area (Å²) < 4.78 is 6.19. The van der Waals surface area contributed by atoms with Gasteiger partial charge < -0.3 is 4.74 Å². The van der Waals surface area contributed by atoms with Gasteiger partial charge in [-0.15, -0.1) is 5.10 Å². The lowest BCUT2D eigenvalue weighted by atomic mass is 10.2. The summed E-state index contributed by atoms with van der Waals surface area (Å²) in [7, 11) is 0. The maximum Gasteiger partial charge on any atom is 0.312 e. The summed E-state index contributed by atoms with van der Waals surface area (Å²) in [5, 5.41) is 13.5. The van der Waals surface area contributed by atoms with Gasteiger partial charge >= 0.3 is 5.97 Å². The van der Waals surface area contributed by atoms with Crippen LogP contribution in [0.1, 0.15) is 19.8 Å². The third-order valence-corrected chi connectivity index (χ3v) is 2.72. The van der Waals surface area contributed by atoms with E-state index in [1.54, 1.807) is 24.3 Å². The van der Waals surface area contributed by atoms with Crippen LogP contribution in [-0.4, -0.2) is 15.7 Å². The topological polar surface area (TPSA) is 85.0 Å². The average Bonchev–Trinajstić information content (AvgIpc) is 2.44. The Morgan fingerprint density at radius 1 is 1.40 bits per heavy atom. The van der Waals surface area contributed by atoms with Crippen LogP contribution in [0, 0.1) is 11.3 Å². The highest BCUT2D eigenvalue weighted by Crippen LogP contribution is 2.20. The monoisotopic (exact) mass is 271 g/mol. The van der Waals surface area contributed by atoms with Gasteiger partial charge in [0.05, 0.1) is 16.8 Å². The molecule has 0 fully saturated rings. The Balaban J connectivity index is 2.58. The minimum absolute atomic E-state index is 0.0638. The lowest BCUT2D eigenvalue weighted by molar-refractivity contribution is -0.134. The first-order valence-electron chi connectivity index (χ1n) is 6.25. The Morgan fingerprint density at radius 3 is 2.75 bits per heavy atom. The molecule has 1 aromatic heterocycles. The molecule has 2 rings (SSSR count). The van der Waals surface area contributed by atoms with Crippen LogP contribution in [0.15, 0.2) is 29.1 Å². The maximum atomic E-state index is 12.1. The number of rotatable bonds is 4. The number of hydrogen-bond donors (Lipinski definition) is 0.